The van der Waals surface area contributed by atoms with Gasteiger partial charge in [-0.2, -0.15) is 0 Å². The second-order valence-electron chi connectivity index (χ2n) is 5.29. The zero-order valence-corrected chi connectivity index (χ0v) is 13.8. The molecule has 2 N–H and O–H groups in total. The molecule has 0 aliphatic carbocycles. The van der Waals surface area contributed by atoms with Crippen molar-refractivity contribution >= 4 is 22.6 Å². The first kappa shape index (κ1) is 15.9. The Balaban J connectivity index is 1.87. The summed E-state index contributed by atoms with van der Waals surface area (Å²) in [6.45, 7) is 2.03. The van der Waals surface area contributed by atoms with Gasteiger partial charge in [0.15, 0.2) is 0 Å². The van der Waals surface area contributed by atoms with Gasteiger partial charge in [-0.25, -0.2) is 4.98 Å². The van der Waals surface area contributed by atoms with Gasteiger partial charge in [0.1, 0.15) is 17.3 Å². The van der Waals surface area contributed by atoms with E-state index in [0.717, 1.165) is 23.3 Å². The number of aromatic nitrogens is 2. The van der Waals surface area contributed by atoms with Crippen LogP contribution >= 0.6 is 0 Å². The lowest BCUT2D eigenvalue weighted by atomic mass is 10.2. The van der Waals surface area contributed by atoms with E-state index in [-0.39, 0.29) is 5.91 Å². The van der Waals surface area contributed by atoms with Crippen molar-refractivity contribution in [1.82, 2.24) is 9.97 Å². The third kappa shape index (κ3) is 3.03. The lowest BCUT2D eigenvalue weighted by Gasteiger charge is -2.11. The number of fused-ring (bicyclic) bond motifs is 1. The molecule has 6 nitrogen and oxygen atoms in total. The number of nitrogens with zero attached hydrogens (tertiary/aromatic N) is 1. The van der Waals surface area contributed by atoms with Crippen molar-refractivity contribution in [2.24, 2.45) is 0 Å². The summed E-state index contributed by atoms with van der Waals surface area (Å²) < 4.78 is 10.5. The number of imidazole rings is 1. The Morgan fingerprint density at radius 1 is 1.17 bits per heavy atom. The fourth-order valence-corrected chi connectivity index (χ4v) is 2.47. The van der Waals surface area contributed by atoms with Crippen LogP contribution in [0.5, 0.6) is 11.5 Å². The van der Waals surface area contributed by atoms with Crippen molar-refractivity contribution in [3.05, 3.63) is 47.8 Å². The predicted molar refractivity (Wildman–Crippen MR) is 93.0 cm³/mol. The van der Waals surface area contributed by atoms with Crippen molar-refractivity contribution in [3.8, 4) is 11.5 Å². The molecule has 1 heterocycles. The second-order valence-corrected chi connectivity index (χ2v) is 5.29. The third-order valence-corrected chi connectivity index (χ3v) is 3.78. The number of ether oxygens (including phenoxy) is 2. The first-order valence-corrected chi connectivity index (χ1v) is 7.66. The van der Waals surface area contributed by atoms with Crippen LogP contribution in [-0.2, 0) is 6.42 Å². The molecule has 0 saturated carbocycles. The van der Waals surface area contributed by atoms with Crippen molar-refractivity contribution in [3.63, 3.8) is 0 Å². The summed E-state index contributed by atoms with van der Waals surface area (Å²) in [5.41, 5.74) is 2.83. The number of carbonyl (C=O) groups excluding carboxylic acids is 1. The maximum atomic E-state index is 12.5. The Morgan fingerprint density at radius 2 is 2.00 bits per heavy atom. The number of benzene rings is 2. The molecule has 3 rings (SSSR count). The molecule has 1 amide bonds. The summed E-state index contributed by atoms with van der Waals surface area (Å²) in [5, 5.41) is 2.86. The molecule has 1 aromatic heterocycles. The van der Waals surface area contributed by atoms with E-state index in [4.69, 9.17) is 9.47 Å². The lowest BCUT2D eigenvalue weighted by molar-refractivity contribution is 0.102. The highest BCUT2D eigenvalue weighted by Gasteiger charge is 2.12. The number of anilines is 1. The Morgan fingerprint density at radius 3 is 2.71 bits per heavy atom. The third-order valence-electron chi connectivity index (χ3n) is 3.78. The van der Waals surface area contributed by atoms with E-state index in [9.17, 15) is 4.79 Å². The van der Waals surface area contributed by atoms with Crippen LogP contribution in [0, 0.1) is 0 Å². The summed E-state index contributed by atoms with van der Waals surface area (Å²) in [4.78, 5) is 20.2. The Labute approximate surface area is 139 Å². The largest absolute Gasteiger partial charge is 0.497 e. The van der Waals surface area contributed by atoms with Gasteiger partial charge in [-0.05, 0) is 30.3 Å². The minimum absolute atomic E-state index is 0.215. The number of amides is 1. The van der Waals surface area contributed by atoms with Gasteiger partial charge in [0.25, 0.3) is 5.91 Å². The van der Waals surface area contributed by atoms with Gasteiger partial charge in [-0.3, -0.25) is 4.79 Å². The van der Waals surface area contributed by atoms with Gasteiger partial charge in [-0.1, -0.05) is 6.92 Å². The Kier molecular flexibility index (Phi) is 4.37. The molecule has 3 aromatic rings. The molecule has 0 aliphatic rings. The number of aromatic amines is 1. The highest BCUT2D eigenvalue weighted by Crippen LogP contribution is 2.29. The van der Waals surface area contributed by atoms with E-state index in [2.05, 4.69) is 15.3 Å². The smallest absolute Gasteiger partial charge is 0.255 e. The Hall–Kier alpha value is -3.02. The number of carbonyl (C=O) groups is 1. The first-order chi connectivity index (χ1) is 11.6. The molecule has 0 unspecified atom stereocenters. The summed E-state index contributed by atoms with van der Waals surface area (Å²) in [6, 6.07) is 10.6. The highest BCUT2D eigenvalue weighted by atomic mass is 16.5. The topological polar surface area (TPSA) is 76.2 Å². The van der Waals surface area contributed by atoms with E-state index in [1.54, 1.807) is 44.6 Å². The van der Waals surface area contributed by atoms with Crippen LogP contribution in [0.4, 0.5) is 5.69 Å². The number of H-pyrrole nitrogens is 1. The quantitative estimate of drug-likeness (QED) is 0.754. The first-order valence-electron chi connectivity index (χ1n) is 7.66. The summed E-state index contributed by atoms with van der Waals surface area (Å²) in [7, 11) is 3.13. The molecule has 0 radical (unpaired) electrons. The molecule has 0 aliphatic heterocycles. The van der Waals surface area contributed by atoms with Crippen molar-refractivity contribution < 1.29 is 14.3 Å². The van der Waals surface area contributed by atoms with Gasteiger partial charge in [0.05, 0.1) is 30.9 Å². The minimum atomic E-state index is -0.215. The molecular formula is C18H19N3O3. The van der Waals surface area contributed by atoms with Crippen LogP contribution in [0.15, 0.2) is 36.4 Å². The van der Waals surface area contributed by atoms with Crippen molar-refractivity contribution in [1.29, 1.82) is 0 Å². The highest BCUT2D eigenvalue weighted by molar-refractivity contribution is 6.06. The summed E-state index contributed by atoms with van der Waals surface area (Å²) >= 11 is 0. The maximum absolute atomic E-state index is 12.5. The molecule has 124 valence electrons. The van der Waals surface area contributed by atoms with Gasteiger partial charge in [0.2, 0.25) is 0 Å². The normalized spacial score (nSPS) is 10.6. The number of methoxy groups -OCH3 is 2. The van der Waals surface area contributed by atoms with Crippen molar-refractivity contribution in [2.45, 2.75) is 13.3 Å². The summed E-state index contributed by atoms with van der Waals surface area (Å²) in [6.07, 6.45) is 0.819. The van der Waals surface area contributed by atoms with Crippen LogP contribution in [0.3, 0.4) is 0 Å². The average Bonchev–Trinajstić information content (AvgIpc) is 3.04. The van der Waals surface area contributed by atoms with Gasteiger partial charge in [0, 0.05) is 18.1 Å². The molecule has 0 atom stereocenters. The van der Waals surface area contributed by atoms with E-state index in [0.29, 0.717) is 22.7 Å². The van der Waals surface area contributed by atoms with Crippen LogP contribution in [0.25, 0.3) is 11.0 Å². The van der Waals surface area contributed by atoms with Crippen LogP contribution in [-0.4, -0.2) is 30.1 Å². The second kappa shape index (κ2) is 6.62. The van der Waals surface area contributed by atoms with E-state index in [1.165, 1.54) is 0 Å². The SMILES string of the molecule is CCc1nc2ccc(C(=O)Nc3ccc(OC)cc3OC)cc2[nH]1. The van der Waals surface area contributed by atoms with Crippen LogP contribution < -0.4 is 14.8 Å². The maximum Gasteiger partial charge on any atom is 0.255 e. The lowest BCUT2D eigenvalue weighted by Crippen LogP contribution is -2.12. The van der Waals surface area contributed by atoms with Gasteiger partial charge in [-0.15, -0.1) is 0 Å². The van der Waals surface area contributed by atoms with Crippen LogP contribution in [0.2, 0.25) is 0 Å². The fourth-order valence-electron chi connectivity index (χ4n) is 2.47. The van der Waals surface area contributed by atoms with Crippen molar-refractivity contribution in [2.75, 3.05) is 19.5 Å². The van der Waals surface area contributed by atoms with Gasteiger partial charge >= 0.3 is 0 Å². The number of hydrogen-bond donors (Lipinski definition) is 2. The van der Waals surface area contributed by atoms with E-state index >= 15 is 0 Å². The molecule has 6 heteroatoms. The number of nitrogens with one attached hydrogen (secondary N) is 2. The zero-order valence-electron chi connectivity index (χ0n) is 13.8. The molecule has 0 saturated heterocycles. The molecule has 0 fully saturated rings. The van der Waals surface area contributed by atoms with E-state index < -0.39 is 0 Å². The fraction of sp³-hybridized carbons (Fsp3) is 0.222. The molecular weight excluding hydrogens is 306 g/mol. The van der Waals surface area contributed by atoms with Crippen LogP contribution in [0.1, 0.15) is 23.1 Å². The predicted octanol–water partition coefficient (Wildman–Crippen LogP) is 3.39. The number of rotatable bonds is 5. The molecule has 0 spiro atoms. The number of aryl methyl sites for hydroxylation is 1. The zero-order chi connectivity index (χ0) is 17.1. The summed E-state index contributed by atoms with van der Waals surface area (Å²) in [5.74, 6) is 1.89. The molecule has 24 heavy (non-hydrogen) atoms. The molecule has 2 aromatic carbocycles. The van der Waals surface area contributed by atoms with E-state index in [1.807, 2.05) is 13.0 Å². The minimum Gasteiger partial charge on any atom is -0.497 e. The van der Waals surface area contributed by atoms with Gasteiger partial charge < -0.3 is 19.8 Å². The number of hydrogen-bond acceptors (Lipinski definition) is 4. The standard InChI is InChI=1S/C18H19N3O3/c1-4-17-19-13-7-5-11(9-15(13)20-17)18(22)21-14-8-6-12(23-2)10-16(14)24-3/h5-10H,4H2,1-3H3,(H,19,20)(H,21,22). The average molecular weight is 325 g/mol. The molecule has 0 bridgehead atoms. The Bertz CT molecular complexity index is 886. The monoisotopic (exact) mass is 325 g/mol.